The summed E-state index contributed by atoms with van der Waals surface area (Å²) in [5.41, 5.74) is 0.713. The van der Waals surface area contributed by atoms with E-state index in [0.717, 1.165) is 0 Å². The summed E-state index contributed by atoms with van der Waals surface area (Å²) in [5, 5.41) is 3.05. The number of benzene rings is 2. The summed E-state index contributed by atoms with van der Waals surface area (Å²) in [5.74, 6) is -0.991. The van der Waals surface area contributed by atoms with Crippen LogP contribution in [0.2, 0.25) is 5.02 Å². The zero-order valence-corrected chi connectivity index (χ0v) is 16.9. The van der Waals surface area contributed by atoms with Gasteiger partial charge in [-0.3, -0.25) is 9.59 Å². The van der Waals surface area contributed by atoms with E-state index in [1.165, 1.54) is 37.3 Å². The summed E-state index contributed by atoms with van der Waals surface area (Å²) >= 11 is 6.03. The SMILES string of the molecule is COc1ccc(NC(=O)C2CC(=O)N(c3cc(Cl)ccc3OC)C2)cc1OC(F)F. The van der Waals surface area contributed by atoms with Crippen LogP contribution < -0.4 is 24.4 Å². The molecule has 1 saturated heterocycles. The maximum Gasteiger partial charge on any atom is 0.387 e. The predicted molar refractivity (Wildman–Crippen MR) is 107 cm³/mol. The molecule has 1 fully saturated rings. The fourth-order valence-corrected chi connectivity index (χ4v) is 3.34. The highest BCUT2D eigenvalue weighted by Gasteiger charge is 2.36. The van der Waals surface area contributed by atoms with E-state index in [-0.39, 0.29) is 36.1 Å². The molecule has 0 saturated carbocycles. The molecule has 2 amide bonds. The van der Waals surface area contributed by atoms with Gasteiger partial charge in [-0.25, -0.2) is 0 Å². The van der Waals surface area contributed by atoms with Crippen molar-refractivity contribution in [1.82, 2.24) is 0 Å². The number of nitrogens with one attached hydrogen (secondary N) is 1. The summed E-state index contributed by atoms with van der Waals surface area (Å²) in [7, 11) is 2.79. The summed E-state index contributed by atoms with van der Waals surface area (Å²) in [6, 6.07) is 8.99. The standard InChI is InChI=1S/C20H19ClF2N2O5/c1-28-15-5-3-12(21)8-14(15)25-10-11(7-18(25)26)19(27)24-13-4-6-16(29-2)17(9-13)30-20(22)23/h3-6,8-9,11,20H,7,10H2,1-2H3,(H,24,27). The average molecular weight is 441 g/mol. The van der Waals surface area contributed by atoms with Gasteiger partial charge in [-0.1, -0.05) is 11.6 Å². The Hall–Kier alpha value is -3.07. The van der Waals surface area contributed by atoms with E-state index in [9.17, 15) is 18.4 Å². The van der Waals surface area contributed by atoms with Crippen LogP contribution in [0.1, 0.15) is 6.42 Å². The zero-order chi connectivity index (χ0) is 21.8. The van der Waals surface area contributed by atoms with Crippen molar-refractivity contribution in [2.24, 2.45) is 5.92 Å². The number of halogens is 3. The number of carbonyl (C=O) groups is 2. The number of rotatable bonds is 7. The number of alkyl halides is 2. The van der Waals surface area contributed by atoms with Gasteiger partial charge in [0.2, 0.25) is 11.8 Å². The van der Waals surface area contributed by atoms with E-state index in [4.69, 9.17) is 21.1 Å². The minimum Gasteiger partial charge on any atom is -0.495 e. The molecule has 2 aromatic rings. The van der Waals surface area contributed by atoms with Gasteiger partial charge in [0.1, 0.15) is 5.75 Å². The Morgan fingerprint density at radius 1 is 1.13 bits per heavy atom. The van der Waals surface area contributed by atoms with Crippen LogP contribution in [0.15, 0.2) is 36.4 Å². The second-order valence-corrected chi connectivity index (χ2v) is 6.89. The van der Waals surface area contributed by atoms with Crippen LogP contribution in [0.3, 0.4) is 0 Å². The molecular weight excluding hydrogens is 422 g/mol. The highest BCUT2D eigenvalue weighted by atomic mass is 35.5. The lowest BCUT2D eigenvalue weighted by molar-refractivity contribution is -0.122. The van der Waals surface area contributed by atoms with Crippen molar-refractivity contribution >= 4 is 34.8 Å². The molecule has 7 nitrogen and oxygen atoms in total. The number of nitrogens with zero attached hydrogens (tertiary/aromatic N) is 1. The molecule has 0 spiro atoms. The molecule has 1 heterocycles. The number of carbonyl (C=O) groups excluding carboxylic acids is 2. The molecule has 1 aliphatic heterocycles. The number of hydrogen-bond donors (Lipinski definition) is 1. The molecule has 0 aromatic heterocycles. The minimum atomic E-state index is -3.04. The zero-order valence-electron chi connectivity index (χ0n) is 16.2. The fourth-order valence-electron chi connectivity index (χ4n) is 3.18. The maximum absolute atomic E-state index is 12.7. The van der Waals surface area contributed by atoms with Crippen molar-refractivity contribution in [3.8, 4) is 17.2 Å². The number of anilines is 2. The first-order valence-electron chi connectivity index (χ1n) is 8.90. The molecule has 1 N–H and O–H groups in total. The molecule has 1 unspecified atom stereocenters. The van der Waals surface area contributed by atoms with Gasteiger partial charge in [-0.05, 0) is 30.3 Å². The van der Waals surface area contributed by atoms with Crippen molar-refractivity contribution in [1.29, 1.82) is 0 Å². The first-order valence-corrected chi connectivity index (χ1v) is 9.27. The van der Waals surface area contributed by atoms with Crippen LogP contribution in [0, 0.1) is 5.92 Å². The van der Waals surface area contributed by atoms with Crippen LogP contribution in [-0.4, -0.2) is 39.2 Å². The summed E-state index contributed by atoms with van der Waals surface area (Å²) in [6.07, 6.45) is -0.0158. The van der Waals surface area contributed by atoms with E-state index in [0.29, 0.717) is 16.5 Å². The van der Waals surface area contributed by atoms with Crippen molar-refractivity contribution in [3.05, 3.63) is 41.4 Å². The van der Waals surface area contributed by atoms with Crippen LogP contribution in [0.25, 0.3) is 0 Å². The predicted octanol–water partition coefficient (Wildman–Crippen LogP) is 3.95. The highest BCUT2D eigenvalue weighted by Crippen LogP contribution is 2.36. The van der Waals surface area contributed by atoms with E-state index in [1.807, 2.05) is 0 Å². The quantitative estimate of drug-likeness (QED) is 0.705. The lowest BCUT2D eigenvalue weighted by Gasteiger charge is -2.20. The van der Waals surface area contributed by atoms with Crippen molar-refractivity contribution in [3.63, 3.8) is 0 Å². The Kier molecular flexibility index (Phi) is 6.61. The van der Waals surface area contributed by atoms with Gasteiger partial charge in [-0.2, -0.15) is 8.78 Å². The number of amides is 2. The third-order valence-corrected chi connectivity index (χ3v) is 4.81. The molecule has 1 atom stereocenters. The fraction of sp³-hybridized carbons (Fsp3) is 0.300. The van der Waals surface area contributed by atoms with Crippen LogP contribution in [-0.2, 0) is 9.59 Å². The number of ether oxygens (including phenoxy) is 3. The molecule has 10 heteroatoms. The number of methoxy groups -OCH3 is 2. The largest absolute Gasteiger partial charge is 0.495 e. The average Bonchev–Trinajstić information content (AvgIpc) is 3.09. The van der Waals surface area contributed by atoms with Gasteiger partial charge in [-0.15, -0.1) is 0 Å². The Bertz CT molecular complexity index is 957. The third-order valence-electron chi connectivity index (χ3n) is 4.57. The minimum absolute atomic E-state index is 0.0158. The van der Waals surface area contributed by atoms with Crippen LogP contribution in [0.4, 0.5) is 20.2 Å². The second-order valence-electron chi connectivity index (χ2n) is 6.45. The monoisotopic (exact) mass is 440 g/mol. The van der Waals surface area contributed by atoms with Gasteiger partial charge >= 0.3 is 6.61 Å². The van der Waals surface area contributed by atoms with Gasteiger partial charge < -0.3 is 24.4 Å². The van der Waals surface area contributed by atoms with E-state index >= 15 is 0 Å². The molecular formula is C20H19ClF2N2O5. The molecule has 2 aromatic carbocycles. The van der Waals surface area contributed by atoms with Gasteiger partial charge in [0.15, 0.2) is 11.5 Å². The first-order chi connectivity index (χ1) is 14.3. The summed E-state index contributed by atoms with van der Waals surface area (Å²) in [6.45, 7) is -2.92. The molecule has 1 aliphatic rings. The number of hydrogen-bond acceptors (Lipinski definition) is 5. The highest BCUT2D eigenvalue weighted by molar-refractivity contribution is 6.31. The van der Waals surface area contributed by atoms with E-state index in [1.54, 1.807) is 18.2 Å². The normalized spacial score (nSPS) is 16.0. The topological polar surface area (TPSA) is 77.1 Å². The molecule has 3 rings (SSSR count). The van der Waals surface area contributed by atoms with Crippen LogP contribution in [0.5, 0.6) is 17.2 Å². The Balaban J connectivity index is 1.75. The second kappa shape index (κ2) is 9.17. The molecule has 30 heavy (non-hydrogen) atoms. The Labute approximate surface area is 176 Å². The van der Waals surface area contributed by atoms with Gasteiger partial charge in [0.05, 0.1) is 25.8 Å². The lowest BCUT2D eigenvalue weighted by atomic mass is 10.1. The smallest absolute Gasteiger partial charge is 0.387 e. The van der Waals surface area contributed by atoms with Gasteiger partial charge in [0.25, 0.3) is 0 Å². The molecule has 0 aliphatic carbocycles. The summed E-state index contributed by atoms with van der Waals surface area (Å²) in [4.78, 5) is 26.6. The maximum atomic E-state index is 12.7. The van der Waals surface area contributed by atoms with Gasteiger partial charge in [0, 0.05) is 29.7 Å². The van der Waals surface area contributed by atoms with E-state index in [2.05, 4.69) is 10.1 Å². The van der Waals surface area contributed by atoms with Crippen molar-refractivity contribution < 1.29 is 32.6 Å². The molecule has 160 valence electrons. The lowest BCUT2D eigenvalue weighted by Crippen LogP contribution is -2.28. The van der Waals surface area contributed by atoms with Crippen molar-refractivity contribution in [2.75, 3.05) is 31.0 Å². The summed E-state index contributed by atoms with van der Waals surface area (Å²) < 4.78 is 39.8. The third kappa shape index (κ3) is 4.73. The van der Waals surface area contributed by atoms with Crippen molar-refractivity contribution in [2.45, 2.75) is 13.0 Å². The Morgan fingerprint density at radius 3 is 2.50 bits per heavy atom. The molecule has 0 bridgehead atoms. The van der Waals surface area contributed by atoms with E-state index < -0.39 is 18.4 Å². The Morgan fingerprint density at radius 2 is 1.83 bits per heavy atom. The molecule has 0 radical (unpaired) electrons. The van der Waals surface area contributed by atoms with Crippen LogP contribution >= 0.6 is 11.6 Å². The first kappa shape index (κ1) is 21.6.